The molecule has 0 heterocycles. The molecular formula is C13H18N2O4. The van der Waals surface area contributed by atoms with Crippen molar-refractivity contribution in [3.05, 3.63) is 33.9 Å². The second-order valence-corrected chi connectivity index (χ2v) is 4.23. The maximum absolute atomic E-state index is 11.3. The number of carbonyl (C=O) groups excluding carboxylic acids is 1. The predicted molar refractivity (Wildman–Crippen MR) is 72.7 cm³/mol. The first-order chi connectivity index (χ1) is 9.01. The SMILES string of the molecule is CCCN(CCO)c1ccc(C(C)=O)cc1[N+](=O)[O-]. The van der Waals surface area contributed by atoms with Crippen molar-refractivity contribution in [1.29, 1.82) is 0 Å². The fraction of sp³-hybridized carbons (Fsp3) is 0.462. The molecule has 0 atom stereocenters. The molecule has 0 unspecified atom stereocenters. The maximum Gasteiger partial charge on any atom is 0.293 e. The molecule has 1 aromatic rings. The monoisotopic (exact) mass is 266 g/mol. The van der Waals surface area contributed by atoms with Crippen LogP contribution in [0.5, 0.6) is 0 Å². The Morgan fingerprint density at radius 2 is 2.11 bits per heavy atom. The summed E-state index contributed by atoms with van der Waals surface area (Å²) in [5.74, 6) is -0.209. The van der Waals surface area contributed by atoms with E-state index in [1.807, 2.05) is 6.92 Å². The Labute approximate surface area is 111 Å². The zero-order valence-corrected chi connectivity index (χ0v) is 11.1. The zero-order valence-electron chi connectivity index (χ0n) is 11.1. The van der Waals surface area contributed by atoms with E-state index in [9.17, 15) is 14.9 Å². The normalized spacial score (nSPS) is 10.3. The number of nitro groups is 1. The molecule has 0 fully saturated rings. The number of carbonyl (C=O) groups is 1. The van der Waals surface area contributed by atoms with Crippen molar-refractivity contribution in [3.8, 4) is 0 Å². The van der Waals surface area contributed by atoms with E-state index in [4.69, 9.17) is 5.11 Å². The van der Waals surface area contributed by atoms with E-state index < -0.39 is 4.92 Å². The van der Waals surface area contributed by atoms with E-state index in [1.165, 1.54) is 13.0 Å². The summed E-state index contributed by atoms with van der Waals surface area (Å²) in [4.78, 5) is 23.6. The fourth-order valence-electron chi connectivity index (χ4n) is 1.90. The molecule has 0 radical (unpaired) electrons. The smallest absolute Gasteiger partial charge is 0.293 e. The summed E-state index contributed by atoms with van der Waals surface area (Å²) in [6.07, 6.45) is 0.811. The molecule has 0 amide bonds. The van der Waals surface area contributed by atoms with Gasteiger partial charge in [-0.15, -0.1) is 0 Å². The molecule has 0 aliphatic carbocycles. The van der Waals surface area contributed by atoms with Gasteiger partial charge in [0.1, 0.15) is 5.69 Å². The number of aliphatic hydroxyl groups is 1. The lowest BCUT2D eigenvalue weighted by atomic mass is 10.1. The number of hydrogen-bond donors (Lipinski definition) is 1. The largest absolute Gasteiger partial charge is 0.395 e. The van der Waals surface area contributed by atoms with Crippen LogP contribution in [-0.4, -0.2) is 35.5 Å². The van der Waals surface area contributed by atoms with Gasteiger partial charge >= 0.3 is 0 Å². The Balaban J connectivity index is 3.24. The second kappa shape index (κ2) is 6.84. The van der Waals surface area contributed by atoms with Gasteiger partial charge in [-0.3, -0.25) is 14.9 Å². The molecule has 19 heavy (non-hydrogen) atoms. The summed E-state index contributed by atoms with van der Waals surface area (Å²) in [6, 6.07) is 4.43. The van der Waals surface area contributed by atoms with E-state index in [0.717, 1.165) is 6.42 Å². The van der Waals surface area contributed by atoms with Gasteiger partial charge in [0.05, 0.1) is 11.5 Å². The Kier molecular flexibility index (Phi) is 5.44. The Hall–Kier alpha value is -1.95. The lowest BCUT2D eigenvalue weighted by Crippen LogP contribution is -2.28. The lowest BCUT2D eigenvalue weighted by molar-refractivity contribution is -0.384. The number of rotatable bonds is 7. The molecule has 0 spiro atoms. The molecule has 6 nitrogen and oxygen atoms in total. The van der Waals surface area contributed by atoms with E-state index in [-0.39, 0.29) is 18.1 Å². The number of nitro benzene ring substituents is 1. The fourth-order valence-corrected chi connectivity index (χ4v) is 1.90. The van der Waals surface area contributed by atoms with Crippen LogP contribution in [0, 0.1) is 10.1 Å². The van der Waals surface area contributed by atoms with Gasteiger partial charge in [0, 0.05) is 24.7 Å². The minimum Gasteiger partial charge on any atom is -0.395 e. The molecule has 1 rings (SSSR count). The van der Waals surface area contributed by atoms with Gasteiger partial charge in [-0.05, 0) is 25.5 Å². The molecule has 104 valence electrons. The molecule has 0 aliphatic rings. The highest BCUT2D eigenvalue weighted by Gasteiger charge is 2.20. The summed E-state index contributed by atoms with van der Waals surface area (Å²) in [7, 11) is 0. The standard InChI is InChI=1S/C13H18N2O4/c1-3-6-14(7-8-16)12-5-4-11(10(2)17)9-13(12)15(18)19/h4-5,9,16H,3,6-8H2,1-2H3. The first kappa shape index (κ1) is 15.1. The molecule has 1 N–H and O–H groups in total. The number of Topliss-reactive ketones (excluding diaryl/α,β-unsaturated/α-hetero) is 1. The molecule has 0 saturated heterocycles. The number of hydrogen-bond acceptors (Lipinski definition) is 5. The molecule has 6 heteroatoms. The van der Waals surface area contributed by atoms with Crippen molar-refractivity contribution < 1.29 is 14.8 Å². The van der Waals surface area contributed by atoms with Gasteiger partial charge in [-0.2, -0.15) is 0 Å². The summed E-state index contributed by atoms with van der Waals surface area (Å²) >= 11 is 0. The van der Waals surface area contributed by atoms with Crippen molar-refractivity contribution >= 4 is 17.2 Å². The van der Waals surface area contributed by atoms with Crippen LogP contribution in [0.2, 0.25) is 0 Å². The minimum atomic E-state index is -0.498. The highest BCUT2D eigenvalue weighted by molar-refractivity contribution is 5.95. The third-order valence-electron chi connectivity index (χ3n) is 2.78. The highest BCUT2D eigenvalue weighted by Crippen LogP contribution is 2.29. The Morgan fingerprint density at radius 3 is 2.58 bits per heavy atom. The van der Waals surface area contributed by atoms with E-state index in [1.54, 1.807) is 17.0 Å². The van der Waals surface area contributed by atoms with Crippen LogP contribution >= 0.6 is 0 Å². The predicted octanol–water partition coefficient (Wildman–Crippen LogP) is 2.01. The summed E-state index contributed by atoms with van der Waals surface area (Å²) in [5.41, 5.74) is 0.649. The van der Waals surface area contributed by atoms with Crippen LogP contribution in [0.15, 0.2) is 18.2 Å². The van der Waals surface area contributed by atoms with E-state index in [2.05, 4.69) is 0 Å². The van der Waals surface area contributed by atoms with Crippen LogP contribution in [-0.2, 0) is 0 Å². The summed E-state index contributed by atoms with van der Waals surface area (Å²) in [6.45, 7) is 4.19. The van der Waals surface area contributed by atoms with Gasteiger partial charge in [-0.1, -0.05) is 6.92 Å². The van der Waals surface area contributed by atoms with Crippen molar-refractivity contribution in [3.63, 3.8) is 0 Å². The Bertz CT molecular complexity index is 468. The second-order valence-electron chi connectivity index (χ2n) is 4.23. The van der Waals surface area contributed by atoms with E-state index in [0.29, 0.717) is 24.3 Å². The van der Waals surface area contributed by atoms with Gasteiger partial charge < -0.3 is 10.0 Å². The first-order valence-electron chi connectivity index (χ1n) is 6.16. The number of anilines is 1. The average Bonchev–Trinajstić information content (AvgIpc) is 2.37. The number of ketones is 1. The van der Waals surface area contributed by atoms with Gasteiger partial charge in [0.15, 0.2) is 5.78 Å². The first-order valence-corrected chi connectivity index (χ1v) is 6.16. The number of nitrogens with zero attached hydrogens (tertiary/aromatic N) is 2. The maximum atomic E-state index is 11.3. The van der Waals surface area contributed by atoms with Crippen molar-refractivity contribution in [2.45, 2.75) is 20.3 Å². The van der Waals surface area contributed by atoms with Gasteiger partial charge in [0.25, 0.3) is 5.69 Å². The van der Waals surface area contributed by atoms with Gasteiger partial charge in [0.2, 0.25) is 0 Å². The summed E-state index contributed by atoms with van der Waals surface area (Å²) in [5, 5.41) is 20.1. The molecular weight excluding hydrogens is 248 g/mol. The molecule has 1 aromatic carbocycles. The number of aliphatic hydroxyl groups excluding tert-OH is 1. The van der Waals surface area contributed by atoms with Crippen LogP contribution in [0.25, 0.3) is 0 Å². The minimum absolute atomic E-state index is 0.0778. The van der Waals surface area contributed by atoms with Crippen molar-refractivity contribution in [1.82, 2.24) is 0 Å². The third-order valence-corrected chi connectivity index (χ3v) is 2.78. The quantitative estimate of drug-likeness (QED) is 0.463. The van der Waals surface area contributed by atoms with Crippen LogP contribution < -0.4 is 4.90 Å². The molecule has 0 bridgehead atoms. The number of benzene rings is 1. The molecule has 0 aromatic heterocycles. The van der Waals surface area contributed by atoms with E-state index >= 15 is 0 Å². The molecule has 0 saturated carbocycles. The highest BCUT2D eigenvalue weighted by atomic mass is 16.6. The Morgan fingerprint density at radius 1 is 1.42 bits per heavy atom. The lowest BCUT2D eigenvalue weighted by Gasteiger charge is -2.23. The van der Waals surface area contributed by atoms with Crippen LogP contribution in [0.4, 0.5) is 11.4 Å². The average molecular weight is 266 g/mol. The van der Waals surface area contributed by atoms with Crippen molar-refractivity contribution in [2.24, 2.45) is 0 Å². The summed E-state index contributed by atoms with van der Waals surface area (Å²) < 4.78 is 0. The zero-order chi connectivity index (χ0) is 14.4. The van der Waals surface area contributed by atoms with Crippen LogP contribution in [0.1, 0.15) is 30.6 Å². The van der Waals surface area contributed by atoms with Gasteiger partial charge in [-0.25, -0.2) is 0 Å². The van der Waals surface area contributed by atoms with Crippen molar-refractivity contribution in [2.75, 3.05) is 24.6 Å². The third kappa shape index (κ3) is 3.75. The molecule has 0 aliphatic heterocycles. The topological polar surface area (TPSA) is 83.7 Å². The van der Waals surface area contributed by atoms with Crippen LogP contribution in [0.3, 0.4) is 0 Å².